The number of hydrogen-bond acceptors (Lipinski definition) is 0. The Morgan fingerprint density at radius 1 is 0.333 bits per heavy atom. The number of rotatable bonds is 0. The van der Waals surface area contributed by atoms with Gasteiger partial charge in [0, 0.05) is 0 Å². The summed E-state index contributed by atoms with van der Waals surface area (Å²) in [5, 5.41) is 0. The van der Waals surface area contributed by atoms with Crippen LogP contribution in [-0.4, -0.2) is 0 Å². The molecular formula is C6H6. The highest BCUT2D eigenvalue weighted by Gasteiger charge is 0.458. The summed E-state index contributed by atoms with van der Waals surface area (Å²) in [6.07, 6.45) is 24.0. The highest BCUT2D eigenvalue weighted by molar-refractivity contribution is 4.47. The van der Waals surface area contributed by atoms with Gasteiger partial charge in [0.1, 0.15) is 0 Å². The molecule has 0 saturated heterocycles. The molecule has 0 rings (SSSR count). The minimum atomic E-state index is 4.00. The first-order valence-electron chi connectivity index (χ1n) is 1.00. The van der Waals surface area contributed by atoms with E-state index < -0.39 is 0 Å². The van der Waals surface area contributed by atoms with Crippen LogP contribution < -0.4 is 0 Å². The molecule has 0 bridgehead atoms. The largest absolute Gasteiger partial charge is 0.124 e. The maximum Gasteiger partial charge on any atom is -0.124 e. The van der Waals surface area contributed by atoms with Gasteiger partial charge in [0.25, 0.3) is 0 Å². The van der Waals surface area contributed by atoms with Crippen molar-refractivity contribution in [3.63, 3.8) is 0 Å². The van der Waals surface area contributed by atoms with Crippen LogP contribution in [0.15, 0.2) is 0 Å². The van der Waals surface area contributed by atoms with Gasteiger partial charge in [-0.15, -0.1) is 38.5 Å². The Labute approximate surface area is 39.6 Å². The second-order valence-electron chi connectivity index (χ2n) is 0. The predicted molar refractivity (Wildman–Crippen MR) is 29.7 cm³/mol. The lowest BCUT2D eigenvalue weighted by molar-refractivity contribution is 3.31. The Morgan fingerprint density at radius 2 is 0.333 bits per heavy atom. The zero-order valence-electron chi connectivity index (χ0n) is 3.46. The minimum Gasteiger partial charge on any atom is -0.124 e. The molecule has 0 unspecified atom stereocenters. The van der Waals surface area contributed by atoms with Crippen LogP contribution in [0.1, 0.15) is 0 Å². The fourth-order valence-electron chi connectivity index (χ4n) is 0. The van der Waals surface area contributed by atoms with Crippen LogP contribution in [0.4, 0.5) is 0 Å². The summed E-state index contributed by atoms with van der Waals surface area (Å²) in [6.45, 7) is 0. The lowest BCUT2D eigenvalue weighted by Crippen LogP contribution is -0.576. The summed E-state index contributed by atoms with van der Waals surface area (Å²) in [5.41, 5.74) is 0. The van der Waals surface area contributed by atoms with E-state index >= 15 is 0 Å². The number of hydrogen-bond donors (Lipinski definition) is 0. The predicted octanol–water partition coefficient (Wildman–Crippen LogP) is 0.748. The summed E-state index contributed by atoms with van der Waals surface area (Å²) in [6, 6.07) is 0. The summed E-state index contributed by atoms with van der Waals surface area (Å²) in [5.74, 6) is 0. The van der Waals surface area contributed by atoms with Gasteiger partial charge in [-0.1, -0.05) is 0 Å². The molecule has 0 aromatic rings. The van der Waals surface area contributed by atoms with Crippen LogP contribution in [-0.2, 0) is 0 Å². The highest BCUT2D eigenvalue weighted by Crippen LogP contribution is 0.583. The van der Waals surface area contributed by atoms with Gasteiger partial charge in [0.2, 0.25) is 0 Å². The van der Waals surface area contributed by atoms with Crippen LogP contribution in [0, 0.1) is 38.5 Å². The summed E-state index contributed by atoms with van der Waals surface area (Å²) in [7, 11) is 0. The van der Waals surface area contributed by atoms with Crippen LogP contribution in [0.25, 0.3) is 0 Å². The van der Waals surface area contributed by atoms with Gasteiger partial charge in [-0.2, -0.15) is 0 Å². The van der Waals surface area contributed by atoms with E-state index in [9.17, 15) is 0 Å². The molecule has 0 aromatic heterocycles. The third-order valence-electron chi connectivity index (χ3n) is 0. The fraction of sp³-hybridized carbons (Fsp3) is 0. The Kier molecular flexibility index (Phi) is 56.8. The zero-order valence-corrected chi connectivity index (χ0v) is 3.46. The Hall–Kier alpha value is -1.32. The van der Waals surface area contributed by atoms with E-state index in [-0.39, 0.29) is 0 Å². The highest BCUT2D eigenvalue weighted by atomic mass is 12.6. The van der Waals surface area contributed by atoms with E-state index in [1.165, 1.54) is 0 Å². The van der Waals surface area contributed by atoms with Crippen LogP contribution in [0.3, 0.4) is 0 Å². The van der Waals surface area contributed by atoms with Crippen molar-refractivity contribution in [2.45, 2.75) is 0 Å². The molecule has 0 atom stereocenters. The maximum absolute atomic E-state index is 4.00. The minimum absolute atomic E-state index is 4.00. The maximum atomic E-state index is 4.00. The summed E-state index contributed by atoms with van der Waals surface area (Å²) < 4.78 is 0. The normalized spacial score (nSPS) is 1.00. The second kappa shape index (κ2) is 15.2. The molecule has 0 radical (unpaired) electrons. The molecule has 6 heavy (non-hydrogen) atoms. The van der Waals surface area contributed by atoms with Crippen molar-refractivity contribution < 1.29 is 0 Å². The van der Waals surface area contributed by atoms with Crippen molar-refractivity contribution in [2.24, 2.45) is 0 Å². The molecule has 0 aliphatic heterocycles. The van der Waals surface area contributed by atoms with Crippen LogP contribution in [0.5, 0.6) is 0 Å². The monoisotopic (exact) mass is 78.0 g/mol. The van der Waals surface area contributed by atoms with E-state index in [0.29, 0.717) is 0 Å². The van der Waals surface area contributed by atoms with Gasteiger partial charge in [0.15, 0.2) is 0 Å². The van der Waals surface area contributed by atoms with Crippen molar-refractivity contribution in [3.8, 4) is 38.5 Å². The van der Waals surface area contributed by atoms with Crippen LogP contribution in [0.2, 0.25) is 0 Å². The second-order valence-corrected chi connectivity index (χ2v) is 0. The Bertz CT molecular complexity index is 28.5. The molecule has 0 aromatic carbocycles. The van der Waals surface area contributed by atoms with Gasteiger partial charge in [0.05, 0.1) is 0 Å². The SMILES string of the molecule is C#C.C#C.C#C. The van der Waals surface area contributed by atoms with Crippen molar-refractivity contribution in [3.05, 3.63) is 0 Å². The smallest absolute Gasteiger partial charge is 0.124 e. The van der Waals surface area contributed by atoms with Gasteiger partial charge in [-0.3, -0.25) is 0 Å². The Morgan fingerprint density at radius 3 is 0.333 bits per heavy atom. The first kappa shape index (κ1) is 22.5. The average Bonchev–Trinajstić information content (AvgIpc) is 1.81. The average molecular weight is 78.1 g/mol. The lowest BCUT2D eigenvalue weighted by atomic mass is 11.4. The van der Waals surface area contributed by atoms with E-state index in [2.05, 4.69) is 38.5 Å². The van der Waals surface area contributed by atoms with Crippen molar-refractivity contribution in [1.82, 2.24) is 0 Å². The molecule has 0 spiro atoms. The molecule has 0 saturated carbocycles. The van der Waals surface area contributed by atoms with Crippen molar-refractivity contribution in [2.75, 3.05) is 0 Å². The quantitative estimate of drug-likeness (QED) is 0.375. The molecule has 30 valence electrons. The van der Waals surface area contributed by atoms with E-state index in [4.69, 9.17) is 0 Å². The molecule has 0 aliphatic rings. The van der Waals surface area contributed by atoms with Gasteiger partial charge < -0.3 is 0 Å². The van der Waals surface area contributed by atoms with E-state index in [0.717, 1.165) is 0 Å². The Balaban J connectivity index is -0.0000000225. The number of terminal acetylenes is 3. The fourth-order valence-corrected chi connectivity index (χ4v) is 0. The molecule has 0 nitrogen and oxygen atoms in total. The first-order valence-corrected chi connectivity index (χ1v) is 1.00. The third kappa shape index (κ3) is 4.34. The molecular weight excluding hydrogens is 72.1 g/mol. The zero-order chi connectivity index (χ0) is 6.00. The van der Waals surface area contributed by atoms with Gasteiger partial charge >= 0.3 is 0 Å². The van der Waals surface area contributed by atoms with Gasteiger partial charge in [-0.05, 0) is 0 Å². The standard InChI is InChI=1S/3C2H2/c3*1-2/h3*1-2H. The molecule has 0 heterocycles. The van der Waals surface area contributed by atoms with Crippen molar-refractivity contribution in [1.29, 1.82) is 0 Å². The van der Waals surface area contributed by atoms with E-state index in [1.807, 2.05) is 0 Å². The van der Waals surface area contributed by atoms with Crippen LogP contribution >= 0.6 is 0 Å². The van der Waals surface area contributed by atoms with Crippen molar-refractivity contribution >= 4 is 0 Å². The molecule has 0 N–H and O–H groups in total. The van der Waals surface area contributed by atoms with E-state index in [1.54, 1.807) is 0 Å². The summed E-state index contributed by atoms with van der Waals surface area (Å²) >= 11 is 0. The van der Waals surface area contributed by atoms with Gasteiger partial charge in [-0.25, -0.2) is 0 Å². The lowest BCUT2D eigenvalue weighted by Gasteiger charge is -0.701. The molecule has 0 heteroatoms. The third-order valence-corrected chi connectivity index (χ3v) is 0. The first-order chi connectivity index (χ1) is 3.00. The summed E-state index contributed by atoms with van der Waals surface area (Å²) in [4.78, 5) is 0. The molecule has 0 fully saturated rings. The molecule has 0 aliphatic carbocycles. The molecule has 0 amide bonds. The topological polar surface area (TPSA) is 0 Å².